The Hall–Kier alpha value is -1.76. The minimum absolute atomic E-state index is 0.0134. The van der Waals surface area contributed by atoms with Gasteiger partial charge in [0.25, 0.3) is 0 Å². The normalized spacial score (nSPS) is 12.0. The van der Waals surface area contributed by atoms with Crippen molar-refractivity contribution in [2.75, 3.05) is 20.5 Å². The van der Waals surface area contributed by atoms with Gasteiger partial charge in [-0.25, -0.2) is 8.42 Å². The highest BCUT2D eigenvalue weighted by atomic mass is 32.2. The van der Waals surface area contributed by atoms with Crippen LogP contribution < -0.4 is 9.47 Å². The maximum Gasteiger partial charge on any atom is 0.309 e. The molecule has 0 aliphatic rings. The van der Waals surface area contributed by atoms with Gasteiger partial charge >= 0.3 is 5.97 Å². The van der Waals surface area contributed by atoms with E-state index in [1.54, 1.807) is 19.9 Å². The highest BCUT2D eigenvalue weighted by Crippen LogP contribution is 2.36. The molecule has 21 heavy (non-hydrogen) atoms. The molecule has 0 aromatic heterocycles. The Balaban J connectivity index is 3.54. The monoisotopic (exact) mass is 316 g/mol. The molecule has 1 rings (SSSR count). The van der Waals surface area contributed by atoms with Crippen LogP contribution in [0, 0.1) is 5.41 Å². The maximum atomic E-state index is 11.9. The van der Waals surface area contributed by atoms with Gasteiger partial charge in [0.2, 0.25) is 0 Å². The largest absolute Gasteiger partial charge is 0.497 e. The van der Waals surface area contributed by atoms with Crippen molar-refractivity contribution in [3.8, 4) is 11.5 Å². The van der Waals surface area contributed by atoms with Gasteiger partial charge in [0.1, 0.15) is 16.4 Å². The standard InChI is InChI=1S/C14H20O6S/c1-14(2,13(15)16)8-9-6-10(19-3)7-11(12(9)20-4)21(5,17)18/h6-7H,8H2,1-5H3,(H,15,16). The first kappa shape index (κ1) is 17.3. The van der Waals surface area contributed by atoms with Gasteiger partial charge in [0.05, 0.1) is 19.6 Å². The molecule has 1 aromatic rings. The molecule has 0 bridgehead atoms. The molecule has 118 valence electrons. The summed E-state index contributed by atoms with van der Waals surface area (Å²) in [5.41, 5.74) is -0.585. The number of rotatable bonds is 6. The molecule has 6 nitrogen and oxygen atoms in total. The lowest BCUT2D eigenvalue weighted by atomic mass is 9.85. The van der Waals surface area contributed by atoms with Crippen LogP contribution in [0.1, 0.15) is 19.4 Å². The molecule has 0 amide bonds. The average Bonchev–Trinajstić information content (AvgIpc) is 2.36. The average molecular weight is 316 g/mol. The second-order valence-electron chi connectivity index (χ2n) is 5.46. The van der Waals surface area contributed by atoms with Crippen molar-refractivity contribution >= 4 is 15.8 Å². The first-order valence-electron chi connectivity index (χ1n) is 6.21. The van der Waals surface area contributed by atoms with Crippen molar-refractivity contribution in [3.63, 3.8) is 0 Å². The van der Waals surface area contributed by atoms with E-state index in [0.29, 0.717) is 11.3 Å². The van der Waals surface area contributed by atoms with Crippen LogP contribution in [0.4, 0.5) is 0 Å². The van der Waals surface area contributed by atoms with Crippen LogP contribution in [-0.2, 0) is 21.1 Å². The Labute approximate surface area is 124 Å². The Morgan fingerprint density at radius 1 is 1.24 bits per heavy atom. The SMILES string of the molecule is COc1cc(CC(C)(C)C(=O)O)c(OC)c(S(C)(=O)=O)c1. The van der Waals surface area contributed by atoms with Crippen molar-refractivity contribution in [1.82, 2.24) is 0 Å². The van der Waals surface area contributed by atoms with Crippen LogP contribution >= 0.6 is 0 Å². The molecule has 0 atom stereocenters. The van der Waals surface area contributed by atoms with Gasteiger partial charge in [-0.2, -0.15) is 0 Å². The molecular weight excluding hydrogens is 296 g/mol. The second kappa shape index (κ2) is 5.93. The summed E-state index contributed by atoms with van der Waals surface area (Å²) in [6, 6.07) is 2.96. The molecule has 0 saturated heterocycles. The van der Waals surface area contributed by atoms with Crippen LogP contribution in [0.5, 0.6) is 11.5 Å². The number of methoxy groups -OCH3 is 2. The van der Waals surface area contributed by atoms with Crippen molar-refractivity contribution in [3.05, 3.63) is 17.7 Å². The van der Waals surface area contributed by atoms with Crippen molar-refractivity contribution in [1.29, 1.82) is 0 Å². The first-order chi connectivity index (χ1) is 9.52. The fourth-order valence-corrected chi connectivity index (χ4v) is 2.82. The molecule has 1 N–H and O–H groups in total. The van der Waals surface area contributed by atoms with E-state index in [1.165, 1.54) is 20.3 Å². The summed E-state index contributed by atoms with van der Waals surface area (Å²) in [6.07, 6.45) is 1.18. The van der Waals surface area contributed by atoms with Gasteiger partial charge in [-0.15, -0.1) is 0 Å². The molecule has 0 heterocycles. The van der Waals surface area contributed by atoms with E-state index >= 15 is 0 Å². The zero-order valence-electron chi connectivity index (χ0n) is 12.8. The summed E-state index contributed by atoms with van der Waals surface area (Å²) in [4.78, 5) is 11.3. The maximum absolute atomic E-state index is 11.9. The molecule has 0 aliphatic carbocycles. The number of hydrogen-bond donors (Lipinski definition) is 1. The predicted octanol–water partition coefficient (Wildman–Crippen LogP) is 1.76. The van der Waals surface area contributed by atoms with E-state index in [9.17, 15) is 18.3 Å². The third kappa shape index (κ3) is 3.87. The topological polar surface area (TPSA) is 89.9 Å². The summed E-state index contributed by atoms with van der Waals surface area (Å²) >= 11 is 0. The third-order valence-corrected chi connectivity index (χ3v) is 4.26. The molecule has 0 unspecified atom stereocenters. The van der Waals surface area contributed by atoms with E-state index in [4.69, 9.17) is 9.47 Å². The molecule has 0 fully saturated rings. The van der Waals surface area contributed by atoms with E-state index < -0.39 is 21.2 Å². The van der Waals surface area contributed by atoms with Crippen molar-refractivity contribution < 1.29 is 27.8 Å². The van der Waals surface area contributed by atoms with Gasteiger partial charge in [-0.1, -0.05) is 0 Å². The Morgan fingerprint density at radius 3 is 2.19 bits per heavy atom. The lowest BCUT2D eigenvalue weighted by Gasteiger charge is -2.22. The number of carboxylic acids is 1. The van der Waals surface area contributed by atoms with Gasteiger partial charge < -0.3 is 14.6 Å². The lowest BCUT2D eigenvalue weighted by Crippen LogP contribution is -2.26. The summed E-state index contributed by atoms with van der Waals surface area (Å²) in [5, 5.41) is 9.23. The number of hydrogen-bond acceptors (Lipinski definition) is 5. The Morgan fingerprint density at radius 2 is 1.81 bits per heavy atom. The molecule has 0 spiro atoms. The lowest BCUT2D eigenvalue weighted by molar-refractivity contribution is -0.146. The quantitative estimate of drug-likeness (QED) is 0.860. The Kier molecular flexibility index (Phi) is 4.88. The van der Waals surface area contributed by atoms with E-state index in [-0.39, 0.29) is 17.1 Å². The van der Waals surface area contributed by atoms with Crippen LogP contribution in [0.25, 0.3) is 0 Å². The number of sulfone groups is 1. The number of carboxylic acid groups (broad SMARTS) is 1. The molecule has 0 aliphatic heterocycles. The highest BCUT2D eigenvalue weighted by molar-refractivity contribution is 7.90. The van der Waals surface area contributed by atoms with E-state index in [1.807, 2.05) is 0 Å². The highest BCUT2D eigenvalue weighted by Gasteiger charge is 2.30. The van der Waals surface area contributed by atoms with Gasteiger partial charge in [-0.3, -0.25) is 4.79 Å². The summed E-state index contributed by atoms with van der Waals surface area (Å²) in [7, 11) is -0.757. The number of ether oxygens (including phenoxy) is 2. The number of carbonyl (C=O) groups is 1. The molecule has 0 saturated carbocycles. The number of benzene rings is 1. The summed E-state index contributed by atoms with van der Waals surface area (Å²) in [5.74, 6) is -0.478. The molecular formula is C14H20O6S. The Bertz CT molecular complexity index is 646. The van der Waals surface area contributed by atoms with Gasteiger partial charge in [-0.05, 0) is 26.3 Å². The minimum Gasteiger partial charge on any atom is -0.497 e. The fourth-order valence-electron chi connectivity index (χ4n) is 1.94. The smallest absolute Gasteiger partial charge is 0.309 e. The van der Waals surface area contributed by atoms with Crippen LogP contribution in [0.15, 0.2) is 17.0 Å². The van der Waals surface area contributed by atoms with E-state index in [0.717, 1.165) is 6.26 Å². The first-order valence-corrected chi connectivity index (χ1v) is 8.10. The van der Waals surface area contributed by atoms with Crippen molar-refractivity contribution in [2.45, 2.75) is 25.2 Å². The second-order valence-corrected chi connectivity index (χ2v) is 7.44. The zero-order valence-corrected chi connectivity index (χ0v) is 13.6. The minimum atomic E-state index is -3.53. The number of aliphatic carboxylic acids is 1. The molecule has 1 aromatic carbocycles. The molecule has 7 heteroatoms. The third-order valence-electron chi connectivity index (χ3n) is 3.16. The zero-order chi connectivity index (χ0) is 16.4. The van der Waals surface area contributed by atoms with Crippen LogP contribution in [-0.4, -0.2) is 40.0 Å². The fraction of sp³-hybridized carbons (Fsp3) is 0.500. The summed E-state index contributed by atoms with van der Waals surface area (Å²) in [6.45, 7) is 3.13. The van der Waals surface area contributed by atoms with Crippen LogP contribution in [0.3, 0.4) is 0 Å². The summed E-state index contributed by atoms with van der Waals surface area (Å²) < 4.78 is 34.1. The molecule has 0 radical (unpaired) electrons. The van der Waals surface area contributed by atoms with Gasteiger partial charge in [0.15, 0.2) is 9.84 Å². The van der Waals surface area contributed by atoms with Gasteiger partial charge in [0, 0.05) is 17.9 Å². The predicted molar refractivity (Wildman–Crippen MR) is 77.8 cm³/mol. The van der Waals surface area contributed by atoms with Crippen molar-refractivity contribution in [2.24, 2.45) is 5.41 Å². The van der Waals surface area contributed by atoms with Crippen LogP contribution in [0.2, 0.25) is 0 Å². The van der Waals surface area contributed by atoms with E-state index in [2.05, 4.69) is 0 Å².